The summed E-state index contributed by atoms with van der Waals surface area (Å²) in [5, 5.41) is 14.4. The van der Waals surface area contributed by atoms with Crippen molar-refractivity contribution in [1.29, 1.82) is 0 Å². The van der Waals surface area contributed by atoms with E-state index < -0.39 is 0 Å². The molecule has 0 aliphatic rings. The minimum atomic E-state index is 0.192. The largest absolute Gasteiger partial charge is 0.410 e. The minimum absolute atomic E-state index is 0.192. The second-order valence-electron chi connectivity index (χ2n) is 2.60. The predicted octanol–water partition coefficient (Wildman–Crippen LogP) is 2.30. The molecule has 0 aliphatic carbocycles. The molecule has 1 rings (SSSR count). The summed E-state index contributed by atoms with van der Waals surface area (Å²) >= 11 is 5.56. The van der Waals surface area contributed by atoms with Gasteiger partial charge in [-0.3, -0.25) is 0 Å². The molecule has 0 radical (unpaired) electrons. The molecule has 0 atom stereocenters. The van der Waals surface area contributed by atoms with Crippen molar-refractivity contribution in [2.24, 2.45) is 5.16 Å². The Morgan fingerprint density at radius 3 is 2.54 bits per heavy atom. The molecule has 0 saturated carbocycles. The zero-order valence-corrected chi connectivity index (χ0v) is 8.04. The van der Waals surface area contributed by atoms with Crippen LogP contribution in [0.15, 0.2) is 29.4 Å². The summed E-state index contributed by atoms with van der Waals surface area (Å²) in [6.07, 6.45) is 0.460. The summed E-state index contributed by atoms with van der Waals surface area (Å²) < 4.78 is 0. The number of halogens is 1. The Morgan fingerprint density at radius 2 is 2.08 bits per heavy atom. The number of oxime groups is 1. The lowest BCUT2D eigenvalue weighted by Crippen LogP contribution is -1.95. The van der Waals surface area contributed by atoms with Crippen molar-refractivity contribution >= 4 is 22.5 Å². The molecule has 4 heteroatoms. The van der Waals surface area contributed by atoms with Gasteiger partial charge < -0.3 is 10.5 Å². The predicted molar refractivity (Wildman–Crippen MR) is 54.8 cm³/mol. The third-order valence-corrected chi connectivity index (χ3v) is 1.91. The first-order chi connectivity index (χ1) is 6.26. The summed E-state index contributed by atoms with van der Waals surface area (Å²) in [6, 6.07) is 7.74. The molecule has 1 aromatic carbocycles. The second kappa shape index (κ2) is 4.72. The molecule has 1 aromatic rings. The van der Waals surface area contributed by atoms with Gasteiger partial charge in [0.05, 0.1) is 0 Å². The number of nitrogens with zero attached hydrogens (tertiary/aromatic N) is 1. The highest BCUT2D eigenvalue weighted by molar-refractivity contribution is 6.65. The molecule has 0 bridgehead atoms. The Labute approximate surface area is 82.0 Å². The zero-order valence-electron chi connectivity index (χ0n) is 7.29. The third-order valence-electron chi connectivity index (χ3n) is 1.70. The van der Waals surface area contributed by atoms with Crippen LogP contribution in [0.4, 0.5) is 5.69 Å². The Hall–Kier alpha value is -1.22. The molecule has 0 heterocycles. The maximum atomic E-state index is 8.34. The van der Waals surface area contributed by atoms with Gasteiger partial charge in [-0.05, 0) is 17.7 Å². The first kappa shape index (κ1) is 9.86. The molecule has 0 saturated heterocycles. The van der Waals surface area contributed by atoms with Crippen molar-refractivity contribution in [3.8, 4) is 0 Å². The third kappa shape index (κ3) is 2.95. The van der Waals surface area contributed by atoms with Crippen LogP contribution in [0, 0.1) is 0 Å². The molecule has 0 spiro atoms. The van der Waals surface area contributed by atoms with Crippen molar-refractivity contribution in [2.45, 2.75) is 6.42 Å². The number of hydrogen-bond acceptors (Lipinski definition) is 3. The van der Waals surface area contributed by atoms with Gasteiger partial charge in [0.15, 0.2) is 0 Å². The van der Waals surface area contributed by atoms with Crippen LogP contribution in [-0.2, 0) is 6.42 Å². The first-order valence-corrected chi connectivity index (χ1v) is 4.27. The molecule has 70 valence electrons. The Morgan fingerprint density at radius 1 is 1.46 bits per heavy atom. The molecule has 3 nitrogen and oxygen atoms in total. The molecular weight excluding hydrogens is 188 g/mol. The van der Waals surface area contributed by atoms with Crippen LogP contribution in [0.5, 0.6) is 0 Å². The van der Waals surface area contributed by atoms with Crippen molar-refractivity contribution in [2.75, 3.05) is 12.4 Å². The standard InChI is InChI=1S/C9H11ClN2O/c1-11-8-4-2-7(3-5-8)6-9(10)12-13/h2-5,11,13H,6H2,1H3/b12-9-. The van der Waals surface area contributed by atoms with E-state index in [0.29, 0.717) is 6.42 Å². The molecule has 2 N–H and O–H groups in total. The van der Waals surface area contributed by atoms with Gasteiger partial charge >= 0.3 is 0 Å². The van der Waals surface area contributed by atoms with Gasteiger partial charge in [0.1, 0.15) is 5.17 Å². The van der Waals surface area contributed by atoms with E-state index in [1.165, 1.54) is 0 Å². The molecule has 0 amide bonds. The Balaban J connectivity index is 2.69. The van der Waals surface area contributed by atoms with Crippen LogP contribution in [0.2, 0.25) is 0 Å². The zero-order chi connectivity index (χ0) is 9.68. The summed E-state index contributed by atoms with van der Waals surface area (Å²) in [7, 11) is 1.86. The number of hydrogen-bond donors (Lipinski definition) is 2. The first-order valence-electron chi connectivity index (χ1n) is 3.89. The van der Waals surface area contributed by atoms with Crippen molar-refractivity contribution in [3.05, 3.63) is 29.8 Å². The average molecular weight is 199 g/mol. The number of rotatable bonds is 3. The fraction of sp³-hybridized carbons (Fsp3) is 0.222. The average Bonchev–Trinajstić information content (AvgIpc) is 2.19. The highest BCUT2D eigenvalue weighted by atomic mass is 35.5. The van der Waals surface area contributed by atoms with Crippen LogP contribution >= 0.6 is 11.6 Å². The van der Waals surface area contributed by atoms with Gasteiger partial charge in [-0.15, -0.1) is 0 Å². The van der Waals surface area contributed by atoms with E-state index in [4.69, 9.17) is 16.8 Å². The van der Waals surface area contributed by atoms with Gasteiger partial charge in [-0.25, -0.2) is 0 Å². The fourth-order valence-electron chi connectivity index (χ4n) is 0.993. The van der Waals surface area contributed by atoms with Crippen LogP contribution in [0.25, 0.3) is 0 Å². The number of benzene rings is 1. The second-order valence-corrected chi connectivity index (χ2v) is 3.04. The molecule has 0 fully saturated rings. The maximum Gasteiger partial charge on any atom is 0.149 e. The molecule has 0 aromatic heterocycles. The van der Waals surface area contributed by atoms with Crippen molar-refractivity contribution in [3.63, 3.8) is 0 Å². The normalized spacial score (nSPS) is 11.4. The van der Waals surface area contributed by atoms with E-state index in [1.807, 2.05) is 31.3 Å². The van der Waals surface area contributed by atoms with E-state index in [2.05, 4.69) is 10.5 Å². The molecule has 0 aliphatic heterocycles. The Kier molecular flexibility index (Phi) is 3.58. The molecule has 0 unspecified atom stereocenters. The summed E-state index contributed by atoms with van der Waals surface area (Å²) in [5.41, 5.74) is 2.06. The summed E-state index contributed by atoms with van der Waals surface area (Å²) in [4.78, 5) is 0. The highest BCUT2D eigenvalue weighted by Crippen LogP contribution is 2.10. The van der Waals surface area contributed by atoms with Crippen LogP contribution in [0.3, 0.4) is 0 Å². The lowest BCUT2D eigenvalue weighted by Gasteiger charge is -2.01. The van der Waals surface area contributed by atoms with Crippen LogP contribution < -0.4 is 5.32 Å². The van der Waals surface area contributed by atoms with E-state index in [0.717, 1.165) is 11.3 Å². The van der Waals surface area contributed by atoms with E-state index in [1.54, 1.807) is 0 Å². The van der Waals surface area contributed by atoms with Gasteiger partial charge in [-0.2, -0.15) is 0 Å². The van der Waals surface area contributed by atoms with Gasteiger partial charge in [-0.1, -0.05) is 28.9 Å². The number of anilines is 1. The summed E-state index contributed by atoms with van der Waals surface area (Å²) in [5.74, 6) is 0. The monoisotopic (exact) mass is 198 g/mol. The quantitative estimate of drug-likeness (QED) is 0.445. The summed E-state index contributed by atoms with van der Waals surface area (Å²) in [6.45, 7) is 0. The van der Waals surface area contributed by atoms with Gasteiger partial charge in [0.25, 0.3) is 0 Å². The maximum absolute atomic E-state index is 8.34. The van der Waals surface area contributed by atoms with Crippen molar-refractivity contribution < 1.29 is 5.21 Å². The fourth-order valence-corrected chi connectivity index (χ4v) is 1.15. The van der Waals surface area contributed by atoms with E-state index in [9.17, 15) is 0 Å². The van der Waals surface area contributed by atoms with Crippen molar-refractivity contribution in [1.82, 2.24) is 0 Å². The Bertz CT molecular complexity index is 295. The van der Waals surface area contributed by atoms with Gasteiger partial charge in [0, 0.05) is 19.2 Å². The smallest absolute Gasteiger partial charge is 0.149 e. The minimum Gasteiger partial charge on any atom is -0.410 e. The van der Waals surface area contributed by atoms with Crippen LogP contribution in [0.1, 0.15) is 5.56 Å². The molecular formula is C9H11ClN2O. The lowest BCUT2D eigenvalue weighted by molar-refractivity contribution is 0.319. The van der Waals surface area contributed by atoms with E-state index >= 15 is 0 Å². The SMILES string of the molecule is CNc1ccc(C/C(Cl)=N/O)cc1. The molecule has 13 heavy (non-hydrogen) atoms. The van der Waals surface area contributed by atoms with Crippen LogP contribution in [-0.4, -0.2) is 17.4 Å². The number of nitrogens with one attached hydrogen (secondary N) is 1. The van der Waals surface area contributed by atoms with Gasteiger partial charge in [0.2, 0.25) is 0 Å². The van der Waals surface area contributed by atoms with E-state index in [-0.39, 0.29) is 5.17 Å². The topological polar surface area (TPSA) is 44.6 Å². The lowest BCUT2D eigenvalue weighted by atomic mass is 10.1. The highest BCUT2D eigenvalue weighted by Gasteiger charge is 1.97.